The van der Waals surface area contributed by atoms with Gasteiger partial charge >= 0.3 is 0 Å². The van der Waals surface area contributed by atoms with Gasteiger partial charge < -0.3 is 15.5 Å². The van der Waals surface area contributed by atoms with E-state index in [1.165, 1.54) is 5.56 Å². The lowest BCUT2D eigenvalue weighted by Gasteiger charge is -2.16. The molecule has 1 saturated heterocycles. The lowest BCUT2D eigenvalue weighted by atomic mass is 10.1. The molecule has 4 nitrogen and oxygen atoms in total. The van der Waals surface area contributed by atoms with Crippen LogP contribution in [0.3, 0.4) is 0 Å². The van der Waals surface area contributed by atoms with Gasteiger partial charge in [0, 0.05) is 25.2 Å². The quantitative estimate of drug-likeness (QED) is 0.791. The van der Waals surface area contributed by atoms with Gasteiger partial charge in [0.1, 0.15) is 0 Å². The van der Waals surface area contributed by atoms with Crippen molar-refractivity contribution in [2.24, 2.45) is 0 Å². The van der Waals surface area contributed by atoms with Crippen molar-refractivity contribution in [2.75, 3.05) is 26.2 Å². The second-order valence-electron chi connectivity index (χ2n) is 6.24. The summed E-state index contributed by atoms with van der Waals surface area (Å²) in [5.41, 5.74) is 1.40. The predicted molar refractivity (Wildman–Crippen MR) is 84.2 cm³/mol. The molecular formula is C17H25N3O. The van der Waals surface area contributed by atoms with E-state index in [1.807, 2.05) is 0 Å². The SMILES string of the molecule is O=C(CNC1CCN(CCc2ccccc2)C1)NC1CC1. The molecule has 1 aromatic carbocycles. The number of hydrogen-bond acceptors (Lipinski definition) is 3. The molecular weight excluding hydrogens is 262 g/mol. The minimum atomic E-state index is 0.153. The number of hydrogen-bond donors (Lipinski definition) is 2. The largest absolute Gasteiger partial charge is 0.352 e. The number of nitrogens with one attached hydrogen (secondary N) is 2. The van der Waals surface area contributed by atoms with Crippen molar-refractivity contribution < 1.29 is 4.79 Å². The van der Waals surface area contributed by atoms with Crippen LogP contribution in [0.15, 0.2) is 30.3 Å². The third-order valence-corrected chi connectivity index (χ3v) is 4.33. The summed E-state index contributed by atoms with van der Waals surface area (Å²) < 4.78 is 0. The number of nitrogens with zero attached hydrogens (tertiary/aromatic N) is 1. The molecule has 1 saturated carbocycles. The van der Waals surface area contributed by atoms with E-state index < -0.39 is 0 Å². The Labute approximate surface area is 126 Å². The van der Waals surface area contributed by atoms with Gasteiger partial charge in [-0.15, -0.1) is 0 Å². The van der Waals surface area contributed by atoms with Crippen molar-refractivity contribution in [3.05, 3.63) is 35.9 Å². The van der Waals surface area contributed by atoms with Crippen molar-refractivity contribution in [1.82, 2.24) is 15.5 Å². The molecule has 3 rings (SSSR count). The van der Waals surface area contributed by atoms with Crippen LogP contribution in [0.2, 0.25) is 0 Å². The topological polar surface area (TPSA) is 44.4 Å². The molecule has 1 aromatic rings. The van der Waals surface area contributed by atoms with Gasteiger partial charge in [0.25, 0.3) is 0 Å². The van der Waals surface area contributed by atoms with Crippen LogP contribution < -0.4 is 10.6 Å². The predicted octanol–water partition coefficient (Wildman–Crippen LogP) is 1.17. The minimum Gasteiger partial charge on any atom is -0.352 e. The monoisotopic (exact) mass is 287 g/mol. The molecule has 2 aliphatic rings. The van der Waals surface area contributed by atoms with Crippen molar-refractivity contribution in [2.45, 2.75) is 37.8 Å². The first kappa shape index (κ1) is 14.5. The van der Waals surface area contributed by atoms with E-state index >= 15 is 0 Å². The normalized spacial score (nSPS) is 22.4. The lowest BCUT2D eigenvalue weighted by molar-refractivity contribution is -0.120. The first-order chi connectivity index (χ1) is 10.3. The Morgan fingerprint density at radius 2 is 1.95 bits per heavy atom. The van der Waals surface area contributed by atoms with E-state index in [0.29, 0.717) is 18.6 Å². The maximum atomic E-state index is 11.7. The Balaban J connectivity index is 1.32. The number of amides is 1. The minimum absolute atomic E-state index is 0.153. The molecule has 0 radical (unpaired) electrons. The molecule has 2 fully saturated rings. The fourth-order valence-electron chi connectivity index (χ4n) is 2.88. The summed E-state index contributed by atoms with van der Waals surface area (Å²) >= 11 is 0. The van der Waals surface area contributed by atoms with Crippen LogP contribution in [-0.2, 0) is 11.2 Å². The molecule has 2 N–H and O–H groups in total. The van der Waals surface area contributed by atoms with Crippen molar-refractivity contribution in [1.29, 1.82) is 0 Å². The Morgan fingerprint density at radius 3 is 2.71 bits per heavy atom. The highest BCUT2D eigenvalue weighted by Crippen LogP contribution is 2.18. The van der Waals surface area contributed by atoms with E-state index in [2.05, 4.69) is 45.9 Å². The molecule has 0 spiro atoms. The van der Waals surface area contributed by atoms with Gasteiger partial charge in [0.05, 0.1) is 6.54 Å². The van der Waals surface area contributed by atoms with Crippen molar-refractivity contribution in [3.8, 4) is 0 Å². The second kappa shape index (κ2) is 7.05. The van der Waals surface area contributed by atoms with E-state index in [4.69, 9.17) is 0 Å². The summed E-state index contributed by atoms with van der Waals surface area (Å²) in [5.74, 6) is 0.153. The molecule has 1 aliphatic heterocycles. The summed E-state index contributed by atoms with van der Waals surface area (Å²) in [5, 5.41) is 6.41. The van der Waals surface area contributed by atoms with Gasteiger partial charge in [0.15, 0.2) is 0 Å². The summed E-state index contributed by atoms with van der Waals surface area (Å²) in [6.07, 6.45) is 4.56. The van der Waals surface area contributed by atoms with Crippen LogP contribution in [0.1, 0.15) is 24.8 Å². The van der Waals surface area contributed by atoms with E-state index in [-0.39, 0.29) is 5.91 Å². The van der Waals surface area contributed by atoms with Crippen LogP contribution in [0.5, 0.6) is 0 Å². The number of carbonyl (C=O) groups is 1. The average Bonchev–Trinajstić information content (AvgIpc) is 3.20. The molecule has 1 heterocycles. The number of carbonyl (C=O) groups excluding carboxylic acids is 1. The molecule has 1 aliphatic carbocycles. The fraction of sp³-hybridized carbons (Fsp3) is 0.588. The standard InChI is InChI=1S/C17H25N3O/c21-17(19-15-6-7-15)12-18-16-9-11-20(13-16)10-8-14-4-2-1-3-5-14/h1-5,15-16,18H,6-13H2,(H,19,21). The van der Waals surface area contributed by atoms with Crippen molar-refractivity contribution in [3.63, 3.8) is 0 Å². The van der Waals surface area contributed by atoms with Crippen LogP contribution in [0.4, 0.5) is 0 Å². The third-order valence-electron chi connectivity index (χ3n) is 4.33. The van der Waals surface area contributed by atoms with Gasteiger partial charge in [-0.3, -0.25) is 4.79 Å². The van der Waals surface area contributed by atoms with Crippen LogP contribution in [-0.4, -0.2) is 49.1 Å². The molecule has 0 aromatic heterocycles. The summed E-state index contributed by atoms with van der Waals surface area (Å²) in [7, 11) is 0. The van der Waals surface area contributed by atoms with E-state index in [1.54, 1.807) is 0 Å². The Morgan fingerprint density at radius 1 is 1.14 bits per heavy atom. The van der Waals surface area contributed by atoms with Crippen LogP contribution in [0.25, 0.3) is 0 Å². The number of rotatable bonds is 7. The first-order valence-electron chi connectivity index (χ1n) is 8.08. The Bertz CT molecular complexity index is 458. The zero-order valence-corrected chi connectivity index (χ0v) is 12.6. The van der Waals surface area contributed by atoms with Crippen LogP contribution >= 0.6 is 0 Å². The third kappa shape index (κ3) is 4.83. The van der Waals surface area contributed by atoms with Gasteiger partial charge in [-0.25, -0.2) is 0 Å². The van der Waals surface area contributed by atoms with Crippen molar-refractivity contribution >= 4 is 5.91 Å². The van der Waals surface area contributed by atoms with Gasteiger partial charge in [-0.05, 0) is 37.8 Å². The van der Waals surface area contributed by atoms with Gasteiger partial charge in [-0.2, -0.15) is 0 Å². The lowest BCUT2D eigenvalue weighted by Crippen LogP contribution is -2.41. The Hall–Kier alpha value is -1.39. The highest BCUT2D eigenvalue weighted by atomic mass is 16.2. The molecule has 1 amide bonds. The number of likely N-dealkylation sites (tertiary alicyclic amines) is 1. The zero-order chi connectivity index (χ0) is 14.5. The smallest absolute Gasteiger partial charge is 0.234 e. The fourth-order valence-corrected chi connectivity index (χ4v) is 2.88. The van der Waals surface area contributed by atoms with Crippen LogP contribution in [0, 0.1) is 0 Å². The molecule has 0 bridgehead atoms. The summed E-state index contributed by atoms with van der Waals surface area (Å²) in [6, 6.07) is 11.6. The maximum Gasteiger partial charge on any atom is 0.234 e. The van der Waals surface area contributed by atoms with E-state index in [9.17, 15) is 4.79 Å². The zero-order valence-electron chi connectivity index (χ0n) is 12.6. The second-order valence-corrected chi connectivity index (χ2v) is 6.24. The first-order valence-corrected chi connectivity index (χ1v) is 8.08. The number of benzene rings is 1. The maximum absolute atomic E-state index is 11.7. The molecule has 1 unspecified atom stereocenters. The molecule has 114 valence electrons. The van der Waals surface area contributed by atoms with E-state index in [0.717, 1.165) is 45.3 Å². The summed E-state index contributed by atoms with van der Waals surface area (Å²) in [6.45, 7) is 3.77. The van der Waals surface area contributed by atoms with Gasteiger partial charge in [-0.1, -0.05) is 30.3 Å². The average molecular weight is 287 g/mol. The molecule has 1 atom stereocenters. The molecule has 4 heteroatoms. The highest BCUT2D eigenvalue weighted by molar-refractivity contribution is 5.78. The summed E-state index contributed by atoms with van der Waals surface area (Å²) in [4.78, 5) is 14.1. The molecule has 21 heavy (non-hydrogen) atoms. The Kier molecular flexibility index (Phi) is 4.88. The van der Waals surface area contributed by atoms with Gasteiger partial charge in [0.2, 0.25) is 5.91 Å². The highest BCUT2D eigenvalue weighted by Gasteiger charge is 2.25.